The topological polar surface area (TPSA) is 9.23 Å². The molecular weight excluding hydrogens is 200 g/mol. The second kappa shape index (κ2) is 3.41. The Morgan fingerprint density at radius 3 is 2.69 bits per heavy atom. The maximum Gasteiger partial charge on any atom is 0.290 e. The van der Waals surface area contributed by atoms with E-state index in [0.717, 1.165) is 18.4 Å². The Labute approximate surface area is 85.9 Å². The van der Waals surface area contributed by atoms with Crippen LogP contribution in [0.15, 0.2) is 12.2 Å². The molecule has 3 heteroatoms. The lowest BCUT2D eigenvalue weighted by molar-refractivity contribution is 0.324. The fourth-order valence-corrected chi connectivity index (χ4v) is 6.36. The highest BCUT2D eigenvalue weighted by Crippen LogP contribution is 2.52. The molecule has 13 heavy (non-hydrogen) atoms. The van der Waals surface area contributed by atoms with E-state index in [1.54, 1.807) is 0 Å². The summed E-state index contributed by atoms with van der Waals surface area (Å²) in [4.78, 5) is 0. The summed E-state index contributed by atoms with van der Waals surface area (Å²) in [5, 5.41) is 0. The molecule has 0 radical (unpaired) electrons. The molecular formula is C10H17ClOSi. The van der Waals surface area contributed by atoms with E-state index in [0.29, 0.717) is 5.54 Å². The summed E-state index contributed by atoms with van der Waals surface area (Å²) in [6.07, 6.45) is 7.31. The van der Waals surface area contributed by atoms with Crippen molar-refractivity contribution >= 4 is 18.7 Å². The van der Waals surface area contributed by atoms with Crippen LogP contribution in [0, 0.1) is 11.8 Å². The molecule has 0 amide bonds. The fourth-order valence-electron chi connectivity index (χ4n) is 2.76. The van der Waals surface area contributed by atoms with E-state index in [1.165, 1.54) is 12.8 Å². The minimum absolute atomic E-state index is 0.657. The predicted molar refractivity (Wildman–Crippen MR) is 58.2 cm³/mol. The van der Waals surface area contributed by atoms with Gasteiger partial charge in [-0.2, -0.15) is 0 Å². The van der Waals surface area contributed by atoms with Crippen molar-refractivity contribution in [3.8, 4) is 0 Å². The van der Waals surface area contributed by atoms with Crippen molar-refractivity contribution in [1.29, 1.82) is 0 Å². The number of fused-ring (bicyclic) bond motifs is 2. The maximum atomic E-state index is 6.52. The van der Waals surface area contributed by atoms with Gasteiger partial charge < -0.3 is 4.43 Å². The van der Waals surface area contributed by atoms with Gasteiger partial charge in [-0.3, -0.25) is 0 Å². The molecule has 1 fully saturated rings. The minimum atomic E-state index is -1.90. The van der Waals surface area contributed by atoms with Crippen molar-refractivity contribution in [3.63, 3.8) is 0 Å². The quantitative estimate of drug-likeness (QED) is 0.400. The Morgan fingerprint density at radius 1 is 1.46 bits per heavy atom. The van der Waals surface area contributed by atoms with Crippen LogP contribution in [0.1, 0.15) is 19.8 Å². The molecule has 2 aliphatic carbocycles. The maximum absolute atomic E-state index is 6.52. The van der Waals surface area contributed by atoms with Crippen LogP contribution in [0.25, 0.3) is 0 Å². The number of allylic oxidation sites excluding steroid dienone is 2. The summed E-state index contributed by atoms with van der Waals surface area (Å²) in [5.41, 5.74) is 0.657. The van der Waals surface area contributed by atoms with Gasteiger partial charge in [0.05, 0.1) is 0 Å². The molecule has 0 N–H and O–H groups in total. The van der Waals surface area contributed by atoms with Crippen molar-refractivity contribution in [1.82, 2.24) is 0 Å². The van der Waals surface area contributed by atoms with Gasteiger partial charge in [0, 0.05) is 6.61 Å². The average molecular weight is 217 g/mol. The minimum Gasteiger partial charge on any atom is -0.403 e. The molecule has 0 aromatic rings. The standard InChI is InChI=1S/C10H17ClOSi/c1-3-12-13(2,11)10-7-8-4-5-9(10)6-8/h4-5,8-10H,3,6-7H2,1-2H3. The van der Waals surface area contributed by atoms with Crippen LogP contribution < -0.4 is 0 Å². The average Bonchev–Trinajstić information content (AvgIpc) is 2.63. The molecule has 4 atom stereocenters. The zero-order valence-corrected chi connectivity index (χ0v) is 10.1. The molecule has 1 saturated carbocycles. The van der Waals surface area contributed by atoms with E-state index in [2.05, 4.69) is 18.7 Å². The third kappa shape index (κ3) is 1.72. The van der Waals surface area contributed by atoms with Gasteiger partial charge in [-0.25, -0.2) is 0 Å². The first-order chi connectivity index (χ1) is 6.13. The summed E-state index contributed by atoms with van der Waals surface area (Å²) < 4.78 is 5.74. The molecule has 1 nitrogen and oxygen atoms in total. The first-order valence-electron chi connectivity index (χ1n) is 5.14. The first-order valence-corrected chi connectivity index (χ1v) is 8.64. The normalized spacial score (nSPS) is 41.0. The van der Waals surface area contributed by atoms with Crippen LogP contribution in [0.4, 0.5) is 0 Å². The lowest BCUT2D eigenvalue weighted by Gasteiger charge is -2.30. The van der Waals surface area contributed by atoms with Crippen LogP contribution >= 0.6 is 11.1 Å². The smallest absolute Gasteiger partial charge is 0.290 e. The molecule has 2 aliphatic rings. The third-order valence-corrected chi connectivity index (χ3v) is 7.38. The zero-order valence-electron chi connectivity index (χ0n) is 8.29. The van der Waals surface area contributed by atoms with E-state index >= 15 is 0 Å². The van der Waals surface area contributed by atoms with E-state index < -0.39 is 7.63 Å². The van der Waals surface area contributed by atoms with Gasteiger partial charge in [-0.15, -0.1) is 11.1 Å². The van der Waals surface area contributed by atoms with E-state index in [4.69, 9.17) is 15.5 Å². The van der Waals surface area contributed by atoms with Gasteiger partial charge >= 0.3 is 0 Å². The van der Waals surface area contributed by atoms with E-state index in [9.17, 15) is 0 Å². The Kier molecular flexibility index (Phi) is 2.56. The van der Waals surface area contributed by atoms with Crippen molar-refractivity contribution < 1.29 is 4.43 Å². The van der Waals surface area contributed by atoms with E-state index in [1.807, 2.05) is 6.92 Å². The monoisotopic (exact) mass is 216 g/mol. The molecule has 2 rings (SSSR count). The highest BCUT2D eigenvalue weighted by atomic mass is 35.6. The highest BCUT2D eigenvalue weighted by molar-refractivity contribution is 7.16. The molecule has 0 aromatic heterocycles. The molecule has 4 unspecified atom stereocenters. The van der Waals surface area contributed by atoms with Gasteiger partial charge in [0.15, 0.2) is 0 Å². The van der Waals surface area contributed by atoms with Gasteiger partial charge in [-0.1, -0.05) is 12.2 Å². The zero-order chi connectivity index (χ0) is 9.47. The van der Waals surface area contributed by atoms with Gasteiger partial charge in [-0.05, 0) is 43.7 Å². The summed E-state index contributed by atoms with van der Waals surface area (Å²) in [7, 11) is -1.90. The lowest BCUT2D eigenvalue weighted by Crippen LogP contribution is -2.36. The number of hydrogen-bond donors (Lipinski definition) is 0. The molecule has 0 aliphatic heterocycles. The van der Waals surface area contributed by atoms with Crippen LogP contribution in [-0.4, -0.2) is 14.2 Å². The third-order valence-electron chi connectivity index (χ3n) is 3.37. The molecule has 2 bridgehead atoms. The molecule has 0 heterocycles. The van der Waals surface area contributed by atoms with Crippen molar-refractivity contribution in [2.75, 3.05) is 6.61 Å². The van der Waals surface area contributed by atoms with Gasteiger partial charge in [0.25, 0.3) is 7.63 Å². The SMILES string of the molecule is CCO[Si](C)(Cl)C1CC2C=CC1C2. The number of hydrogen-bond acceptors (Lipinski definition) is 1. The second-order valence-corrected chi connectivity index (χ2v) is 9.56. The first kappa shape index (κ1) is 9.75. The number of rotatable bonds is 3. The fraction of sp³-hybridized carbons (Fsp3) is 0.800. The van der Waals surface area contributed by atoms with Gasteiger partial charge in [0.1, 0.15) is 0 Å². The Balaban J connectivity index is 2.05. The molecule has 0 saturated heterocycles. The lowest BCUT2D eigenvalue weighted by atomic mass is 10.1. The Morgan fingerprint density at radius 2 is 2.23 bits per heavy atom. The van der Waals surface area contributed by atoms with Crippen LogP contribution in [0.3, 0.4) is 0 Å². The summed E-state index contributed by atoms with van der Waals surface area (Å²) in [5.74, 6) is 1.53. The van der Waals surface area contributed by atoms with Crippen molar-refractivity contribution in [3.05, 3.63) is 12.2 Å². The van der Waals surface area contributed by atoms with Crippen molar-refractivity contribution in [2.45, 2.75) is 31.9 Å². The second-order valence-electron chi connectivity index (χ2n) is 4.31. The highest BCUT2D eigenvalue weighted by Gasteiger charge is 2.48. The van der Waals surface area contributed by atoms with Crippen molar-refractivity contribution in [2.24, 2.45) is 11.8 Å². The Hall–Kier alpha value is 0.207. The number of halogens is 1. The van der Waals surface area contributed by atoms with Crippen LogP contribution in [-0.2, 0) is 4.43 Å². The summed E-state index contributed by atoms with van der Waals surface area (Å²) in [6, 6.07) is 0. The summed E-state index contributed by atoms with van der Waals surface area (Å²) in [6.45, 7) is 4.96. The largest absolute Gasteiger partial charge is 0.403 e. The Bertz CT molecular complexity index is 227. The van der Waals surface area contributed by atoms with Gasteiger partial charge in [0.2, 0.25) is 0 Å². The molecule has 74 valence electrons. The summed E-state index contributed by atoms with van der Waals surface area (Å²) >= 11 is 6.52. The van der Waals surface area contributed by atoms with E-state index in [-0.39, 0.29) is 0 Å². The van der Waals surface area contributed by atoms with Crippen LogP contribution in [0.2, 0.25) is 12.1 Å². The molecule has 0 aromatic carbocycles. The van der Waals surface area contributed by atoms with Crippen LogP contribution in [0.5, 0.6) is 0 Å². The predicted octanol–water partition coefficient (Wildman–Crippen LogP) is 3.30. The molecule has 0 spiro atoms.